The van der Waals surface area contributed by atoms with Crippen molar-refractivity contribution in [1.82, 2.24) is 0 Å². The van der Waals surface area contributed by atoms with Crippen LogP contribution in [-0.2, 0) is 0 Å². The number of hydrogen-bond acceptors (Lipinski definition) is 3. The number of amidine groups is 1. The third-order valence-corrected chi connectivity index (χ3v) is 5.34. The highest BCUT2D eigenvalue weighted by atomic mass is 35.5. The molecule has 0 saturated heterocycles. The van der Waals surface area contributed by atoms with Crippen molar-refractivity contribution in [3.8, 4) is 0 Å². The summed E-state index contributed by atoms with van der Waals surface area (Å²) >= 11 is 13.5. The Bertz CT molecular complexity index is 760. The number of rotatable bonds is 3. The van der Waals surface area contributed by atoms with Gasteiger partial charge >= 0.3 is 0 Å². The molecule has 0 saturated carbocycles. The SMILES string of the molecule is CC[C@H]1CSC(N(C(=O)c2ccc(Cl)cc2)c2ccc(Cl)cc2)=N1. The van der Waals surface area contributed by atoms with Crippen LogP contribution in [0.5, 0.6) is 0 Å². The first-order chi connectivity index (χ1) is 11.6. The molecule has 0 spiro atoms. The van der Waals surface area contributed by atoms with Gasteiger partial charge in [-0.15, -0.1) is 0 Å². The summed E-state index contributed by atoms with van der Waals surface area (Å²) in [5.41, 5.74) is 1.32. The largest absolute Gasteiger partial charge is 0.268 e. The zero-order valence-corrected chi connectivity index (χ0v) is 15.4. The standard InChI is InChI=1S/C18H16Cl2N2OS/c1-2-15-11-24-18(21-15)22(16-9-7-14(20)8-10-16)17(23)12-3-5-13(19)6-4-12/h3-10,15H,2,11H2,1H3/t15-/m0/s1. The third-order valence-electron chi connectivity index (χ3n) is 3.74. The lowest BCUT2D eigenvalue weighted by atomic mass is 10.2. The van der Waals surface area contributed by atoms with E-state index < -0.39 is 0 Å². The van der Waals surface area contributed by atoms with E-state index in [-0.39, 0.29) is 11.9 Å². The number of amides is 1. The fraction of sp³-hybridized carbons (Fsp3) is 0.222. The van der Waals surface area contributed by atoms with Gasteiger partial charge in [-0.1, -0.05) is 41.9 Å². The average Bonchev–Trinajstić information content (AvgIpc) is 3.06. The lowest BCUT2D eigenvalue weighted by molar-refractivity contribution is 0.100. The van der Waals surface area contributed by atoms with Crippen LogP contribution in [0.25, 0.3) is 0 Å². The van der Waals surface area contributed by atoms with E-state index in [1.807, 2.05) is 12.1 Å². The van der Waals surface area contributed by atoms with Crippen molar-refractivity contribution >= 4 is 51.7 Å². The number of halogens is 2. The monoisotopic (exact) mass is 378 g/mol. The van der Waals surface area contributed by atoms with Crippen molar-refractivity contribution in [2.75, 3.05) is 10.7 Å². The van der Waals surface area contributed by atoms with Crippen LogP contribution in [0, 0.1) is 0 Å². The molecule has 1 heterocycles. The smallest absolute Gasteiger partial charge is 0.264 e. The molecule has 0 unspecified atom stereocenters. The zero-order valence-electron chi connectivity index (χ0n) is 13.1. The molecule has 0 bridgehead atoms. The van der Waals surface area contributed by atoms with E-state index in [1.165, 1.54) is 0 Å². The van der Waals surface area contributed by atoms with E-state index in [2.05, 4.69) is 6.92 Å². The Kier molecular flexibility index (Phi) is 5.49. The molecule has 1 amide bonds. The van der Waals surface area contributed by atoms with Crippen LogP contribution < -0.4 is 4.90 Å². The molecule has 1 aliphatic heterocycles. The highest BCUT2D eigenvalue weighted by molar-refractivity contribution is 8.14. The van der Waals surface area contributed by atoms with Gasteiger partial charge in [0.1, 0.15) is 0 Å². The molecule has 1 atom stereocenters. The number of nitrogens with zero attached hydrogens (tertiary/aromatic N) is 2. The third kappa shape index (κ3) is 3.77. The number of hydrogen-bond donors (Lipinski definition) is 0. The molecule has 1 aliphatic rings. The van der Waals surface area contributed by atoms with E-state index in [1.54, 1.807) is 53.1 Å². The Balaban J connectivity index is 2.00. The van der Waals surface area contributed by atoms with Gasteiger partial charge in [-0.3, -0.25) is 14.7 Å². The van der Waals surface area contributed by atoms with Crippen LogP contribution in [-0.4, -0.2) is 22.9 Å². The number of anilines is 1. The normalized spacial score (nSPS) is 16.8. The summed E-state index contributed by atoms with van der Waals surface area (Å²) in [6.45, 7) is 2.10. The number of carbonyl (C=O) groups is 1. The maximum Gasteiger partial charge on any atom is 0.264 e. The van der Waals surface area contributed by atoms with Crippen molar-refractivity contribution in [2.24, 2.45) is 4.99 Å². The molecule has 3 nitrogen and oxygen atoms in total. The highest BCUT2D eigenvalue weighted by Gasteiger charge is 2.28. The van der Waals surface area contributed by atoms with Gasteiger partial charge < -0.3 is 0 Å². The van der Waals surface area contributed by atoms with Gasteiger partial charge in [0.25, 0.3) is 5.91 Å². The molecule has 0 aliphatic carbocycles. The minimum absolute atomic E-state index is 0.128. The molecule has 0 fully saturated rings. The van der Waals surface area contributed by atoms with Crippen LogP contribution in [0.1, 0.15) is 23.7 Å². The fourth-order valence-electron chi connectivity index (χ4n) is 2.36. The van der Waals surface area contributed by atoms with E-state index in [0.717, 1.165) is 23.0 Å². The quantitative estimate of drug-likeness (QED) is 0.703. The molecule has 0 aromatic heterocycles. The van der Waals surface area contributed by atoms with Gasteiger partial charge in [-0.2, -0.15) is 0 Å². The summed E-state index contributed by atoms with van der Waals surface area (Å²) in [5, 5.41) is 1.96. The Morgan fingerprint density at radius 2 is 1.71 bits per heavy atom. The summed E-state index contributed by atoms with van der Waals surface area (Å²) in [7, 11) is 0. The van der Waals surface area contributed by atoms with E-state index in [9.17, 15) is 4.79 Å². The summed E-state index contributed by atoms with van der Waals surface area (Å²) in [6, 6.07) is 14.3. The first kappa shape index (κ1) is 17.3. The summed E-state index contributed by atoms with van der Waals surface area (Å²) in [4.78, 5) is 19.4. The highest BCUT2D eigenvalue weighted by Crippen LogP contribution is 2.29. The minimum atomic E-state index is -0.128. The average molecular weight is 379 g/mol. The molecule has 0 N–H and O–H groups in total. The zero-order chi connectivity index (χ0) is 17.1. The fourth-order valence-corrected chi connectivity index (χ4v) is 3.80. The van der Waals surface area contributed by atoms with Crippen molar-refractivity contribution in [3.63, 3.8) is 0 Å². The van der Waals surface area contributed by atoms with Gasteiger partial charge in [0.05, 0.1) is 11.7 Å². The Morgan fingerprint density at radius 1 is 1.12 bits per heavy atom. The van der Waals surface area contributed by atoms with Crippen LogP contribution in [0.3, 0.4) is 0 Å². The van der Waals surface area contributed by atoms with Gasteiger partial charge in [-0.05, 0) is 55.0 Å². The molecule has 2 aromatic carbocycles. The van der Waals surface area contributed by atoms with E-state index in [0.29, 0.717) is 15.6 Å². The lowest BCUT2D eigenvalue weighted by Crippen LogP contribution is -2.34. The molecule has 124 valence electrons. The maximum atomic E-state index is 13.1. The Morgan fingerprint density at radius 3 is 2.25 bits per heavy atom. The predicted octanol–water partition coefficient (Wildman–Crippen LogP) is 5.52. The molecule has 24 heavy (non-hydrogen) atoms. The summed E-state index contributed by atoms with van der Waals surface area (Å²) < 4.78 is 0. The lowest BCUT2D eigenvalue weighted by Gasteiger charge is -2.22. The molecule has 3 rings (SSSR count). The topological polar surface area (TPSA) is 32.7 Å². The van der Waals surface area contributed by atoms with Crippen LogP contribution >= 0.6 is 35.0 Å². The first-order valence-corrected chi connectivity index (χ1v) is 9.39. The van der Waals surface area contributed by atoms with Crippen molar-refractivity contribution in [3.05, 3.63) is 64.1 Å². The van der Waals surface area contributed by atoms with Crippen LogP contribution in [0.2, 0.25) is 10.0 Å². The second-order valence-electron chi connectivity index (χ2n) is 5.41. The molecular weight excluding hydrogens is 363 g/mol. The number of thioether (sulfide) groups is 1. The molecular formula is C18H16Cl2N2OS. The summed E-state index contributed by atoms with van der Waals surface area (Å²) in [6.07, 6.45) is 0.958. The predicted molar refractivity (Wildman–Crippen MR) is 104 cm³/mol. The van der Waals surface area contributed by atoms with Crippen molar-refractivity contribution in [1.29, 1.82) is 0 Å². The van der Waals surface area contributed by atoms with Gasteiger partial charge in [0, 0.05) is 21.4 Å². The molecule has 2 aromatic rings. The Hall–Kier alpha value is -1.49. The van der Waals surface area contributed by atoms with Crippen molar-refractivity contribution < 1.29 is 4.79 Å². The van der Waals surface area contributed by atoms with E-state index in [4.69, 9.17) is 28.2 Å². The Labute approximate surface area is 155 Å². The summed E-state index contributed by atoms with van der Waals surface area (Å²) in [5.74, 6) is 0.765. The number of benzene rings is 2. The van der Waals surface area contributed by atoms with Gasteiger partial charge in [0.2, 0.25) is 0 Å². The first-order valence-electron chi connectivity index (χ1n) is 7.64. The second kappa shape index (κ2) is 7.60. The van der Waals surface area contributed by atoms with E-state index >= 15 is 0 Å². The van der Waals surface area contributed by atoms with Gasteiger partial charge in [0.15, 0.2) is 5.17 Å². The number of carbonyl (C=O) groups excluding carboxylic acids is 1. The number of aliphatic imine (C=N–C) groups is 1. The molecule has 6 heteroatoms. The molecule has 0 radical (unpaired) electrons. The van der Waals surface area contributed by atoms with Crippen LogP contribution in [0.4, 0.5) is 5.69 Å². The van der Waals surface area contributed by atoms with Crippen molar-refractivity contribution in [2.45, 2.75) is 19.4 Å². The van der Waals surface area contributed by atoms with Crippen LogP contribution in [0.15, 0.2) is 53.5 Å². The second-order valence-corrected chi connectivity index (χ2v) is 7.27. The maximum absolute atomic E-state index is 13.1. The van der Waals surface area contributed by atoms with Gasteiger partial charge in [-0.25, -0.2) is 0 Å². The minimum Gasteiger partial charge on any atom is -0.268 e.